The number of rotatable bonds is 3. The Morgan fingerprint density at radius 2 is 2.00 bits per heavy atom. The fraction of sp³-hybridized carbons (Fsp3) is 0.400. The topological polar surface area (TPSA) is 87.1 Å². The summed E-state index contributed by atoms with van der Waals surface area (Å²) in [6.45, 7) is 0. The molecule has 0 aromatic rings. The molecule has 0 aromatic carbocycles. The highest BCUT2D eigenvalue weighted by Gasteiger charge is 2.23. The van der Waals surface area contributed by atoms with E-state index in [9.17, 15) is 13.8 Å². The van der Waals surface area contributed by atoms with Gasteiger partial charge in [-0.3, -0.25) is 14.6 Å². The first-order chi connectivity index (χ1) is 5.78. The second-order valence-corrected chi connectivity index (χ2v) is 3.42. The van der Waals surface area contributed by atoms with Gasteiger partial charge in [0.1, 0.15) is 6.33 Å². The van der Waals surface area contributed by atoms with Crippen LogP contribution in [0.4, 0.5) is 4.39 Å². The Kier molecular flexibility index (Phi) is 4.06. The molecule has 6 nitrogen and oxygen atoms in total. The van der Waals surface area contributed by atoms with Crippen LogP contribution in [0.5, 0.6) is 0 Å². The highest BCUT2D eigenvalue weighted by molar-refractivity contribution is 7.46. The summed E-state index contributed by atoms with van der Waals surface area (Å²) >= 11 is 0. The summed E-state index contributed by atoms with van der Waals surface area (Å²) in [5, 5.41) is 0. The third-order valence-electron chi connectivity index (χ3n) is 0.933. The van der Waals surface area contributed by atoms with E-state index in [0.717, 1.165) is 4.90 Å². The van der Waals surface area contributed by atoms with Crippen LogP contribution in [0.3, 0.4) is 0 Å². The van der Waals surface area contributed by atoms with Crippen molar-refractivity contribution >= 4 is 13.7 Å². The Morgan fingerprint density at radius 3 is 2.23 bits per heavy atom. The van der Waals surface area contributed by atoms with Gasteiger partial charge in [0.25, 0.3) is 5.91 Å². The van der Waals surface area contributed by atoms with Crippen molar-refractivity contribution in [2.24, 2.45) is 0 Å². The van der Waals surface area contributed by atoms with Gasteiger partial charge in [-0.2, -0.15) is 0 Å². The van der Waals surface area contributed by atoms with Crippen LogP contribution >= 0.6 is 7.82 Å². The molecule has 0 aliphatic heterocycles. The quantitative estimate of drug-likeness (QED) is 0.391. The molecule has 0 unspecified atom stereocenters. The van der Waals surface area contributed by atoms with E-state index in [4.69, 9.17) is 9.79 Å². The molecule has 0 radical (unpaired) electrons. The van der Waals surface area contributed by atoms with Crippen molar-refractivity contribution in [2.75, 3.05) is 14.1 Å². The molecule has 1 amide bonds. The maximum Gasteiger partial charge on any atom is 0.525 e. The maximum atomic E-state index is 11.9. The molecule has 13 heavy (non-hydrogen) atoms. The van der Waals surface area contributed by atoms with Gasteiger partial charge in [0.15, 0.2) is 0 Å². The van der Waals surface area contributed by atoms with Gasteiger partial charge in [-0.05, 0) is 0 Å². The van der Waals surface area contributed by atoms with Gasteiger partial charge in [0, 0.05) is 14.1 Å². The molecule has 2 N–H and O–H groups in total. The Bertz CT molecular complexity index is 270. The molecule has 0 fully saturated rings. The molecular weight excluding hydrogens is 204 g/mol. The van der Waals surface area contributed by atoms with E-state index >= 15 is 0 Å². The second kappa shape index (κ2) is 4.36. The normalized spacial score (nSPS) is 12.5. The summed E-state index contributed by atoms with van der Waals surface area (Å²) in [7, 11) is -2.31. The smallest absolute Gasteiger partial charge is 0.396 e. The second-order valence-electron chi connectivity index (χ2n) is 2.25. The van der Waals surface area contributed by atoms with Crippen molar-refractivity contribution in [3.8, 4) is 0 Å². The molecule has 0 atom stereocenters. The lowest BCUT2D eigenvalue weighted by Gasteiger charge is -2.13. The van der Waals surface area contributed by atoms with Crippen LogP contribution in [-0.4, -0.2) is 34.7 Å². The minimum absolute atomic E-state index is 0.304. The van der Waals surface area contributed by atoms with E-state index in [1.54, 1.807) is 0 Å². The SMILES string of the molecule is CN(C)C(=O)C(=CF)OP(=O)(O)O. The first-order valence-corrected chi connectivity index (χ1v) is 4.58. The molecular formula is C5H9FNO5P. The van der Waals surface area contributed by atoms with Crippen molar-refractivity contribution in [1.29, 1.82) is 0 Å². The van der Waals surface area contributed by atoms with E-state index < -0.39 is 19.5 Å². The van der Waals surface area contributed by atoms with Gasteiger partial charge in [-0.1, -0.05) is 0 Å². The largest absolute Gasteiger partial charge is 0.525 e. The number of carbonyl (C=O) groups is 1. The van der Waals surface area contributed by atoms with Crippen molar-refractivity contribution in [1.82, 2.24) is 4.90 Å². The van der Waals surface area contributed by atoms with Crippen molar-refractivity contribution < 1.29 is 28.1 Å². The number of amides is 1. The van der Waals surface area contributed by atoms with Crippen LogP contribution in [0.25, 0.3) is 0 Å². The van der Waals surface area contributed by atoms with Crippen LogP contribution in [0, 0.1) is 0 Å². The summed E-state index contributed by atoms with van der Waals surface area (Å²) in [6.07, 6.45) is -0.304. The van der Waals surface area contributed by atoms with E-state index in [1.165, 1.54) is 14.1 Å². The highest BCUT2D eigenvalue weighted by Crippen LogP contribution is 2.39. The maximum absolute atomic E-state index is 11.9. The minimum atomic E-state index is -4.89. The zero-order valence-corrected chi connectivity index (χ0v) is 7.86. The van der Waals surface area contributed by atoms with Crippen LogP contribution < -0.4 is 0 Å². The van der Waals surface area contributed by atoms with Crippen molar-refractivity contribution in [3.63, 3.8) is 0 Å². The number of hydrogen-bond acceptors (Lipinski definition) is 3. The lowest BCUT2D eigenvalue weighted by Crippen LogP contribution is -2.24. The number of nitrogens with zero attached hydrogens (tertiary/aromatic N) is 1. The van der Waals surface area contributed by atoms with Gasteiger partial charge in [-0.25, -0.2) is 8.96 Å². The third kappa shape index (κ3) is 4.62. The van der Waals surface area contributed by atoms with Crippen LogP contribution in [0.2, 0.25) is 0 Å². The summed E-state index contributed by atoms with van der Waals surface area (Å²) in [5.41, 5.74) is 0. The first-order valence-electron chi connectivity index (χ1n) is 3.05. The van der Waals surface area contributed by atoms with Gasteiger partial charge in [0.05, 0.1) is 0 Å². The lowest BCUT2D eigenvalue weighted by atomic mass is 10.5. The van der Waals surface area contributed by atoms with Crippen LogP contribution in [-0.2, 0) is 13.9 Å². The van der Waals surface area contributed by atoms with Gasteiger partial charge in [0.2, 0.25) is 5.76 Å². The van der Waals surface area contributed by atoms with E-state index in [2.05, 4.69) is 4.52 Å². The Labute approximate surface area is 73.8 Å². The van der Waals surface area contributed by atoms with Crippen molar-refractivity contribution in [3.05, 3.63) is 12.1 Å². The molecule has 8 heteroatoms. The number of likely N-dealkylation sites (N-methyl/N-ethyl adjacent to an activating group) is 1. The fourth-order valence-electron chi connectivity index (χ4n) is 0.454. The summed E-state index contributed by atoms with van der Waals surface area (Å²) in [4.78, 5) is 28.3. The zero-order valence-electron chi connectivity index (χ0n) is 6.97. The van der Waals surface area contributed by atoms with Crippen LogP contribution in [0.15, 0.2) is 12.1 Å². The Hall–Kier alpha value is -0.910. The molecule has 0 spiro atoms. The molecule has 76 valence electrons. The van der Waals surface area contributed by atoms with Gasteiger partial charge in [-0.15, -0.1) is 0 Å². The lowest BCUT2D eigenvalue weighted by molar-refractivity contribution is -0.127. The number of carbonyl (C=O) groups excluding carboxylic acids is 1. The average Bonchev–Trinajstić information content (AvgIpc) is 1.97. The molecule has 0 aliphatic rings. The van der Waals surface area contributed by atoms with Crippen LogP contribution in [0.1, 0.15) is 0 Å². The Balaban J connectivity index is 4.58. The van der Waals surface area contributed by atoms with Gasteiger partial charge >= 0.3 is 7.82 Å². The van der Waals surface area contributed by atoms with E-state index in [-0.39, 0.29) is 6.33 Å². The standard InChI is InChI=1S/C5H9FNO5P/c1-7(2)5(8)4(3-6)12-13(9,10)11/h3H,1-2H3,(H2,9,10,11). The minimum Gasteiger partial charge on any atom is -0.396 e. The number of hydrogen-bond donors (Lipinski definition) is 2. The number of phosphoric acid groups is 1. The molecule has 0 aliphatic carbocycles. The number of phosphoric ester groups is 1. The molecule has 0 heterocycles. The molecule has 0 saturated carbocycles. The third-order valence-corrected chi connectivity index (χ3v) is 1.37. The predicted octanol–water partition coefficient (Wildman–Crippen LogP) is -0.00520. The molecule has 0 rings (SSSR count). The first kappa shape index (κ1) is 12.1. The Morgan fingerprint density at radius 1 is 1.54 bits per heavy atom. The average molecular weight is 213 g/mol. The molecule has 0 saturated heterocycles. The molecule has 0 bridgehead atoms. The zero-order chi connectivity index (χ0) is 10.6. The summed E-state index contributed by atoms with van der Waals surface area (Å²) < 4.78 is 25.9. The van der Waals surface area contributed by atoms with Gasteiger partial charge < -0.3 is 9.42 Å². The summed E-state index contributed by atoms with van der Waals surface area (Å²) in [6, 6.07) is 0. The number of halogens is 1. The predicted molar refractivity (Wildman–Crippen MR) is 41.0 cm³/mol. The van der Waals surface area contributed by atoms with E-state index in [1.807, 2.05) is 0 Å². The monoisotopic (exact) mass is 213 g/mol. The van der Waals surface area contributed by atoms with Crippen molar-refractivity contribution in [2.45, 2.75) is 0 Å². The highest BCUT2D eigenvalue weighted by atomic mass is 31.2. The summed E-state index contributed by atoms with van der Waals surface area (Å²) in [5.74, 6) is -2.00. The van der Waals surface area contributed by atoms with E-state index in [0.29, 0.717) is 0 Å². The molecule has 0 aromatic heterocycles. The fourth-order valence-corrected chi connectivity index (χ4v) is 0.828.